The van der Waals surface area contributed by atoms with E-state index >= 15 is 0 Å². The van der Waals surface area contributed by atoms with Gasteiger partial charge in [0.1, 0.15) is 0 Å². The first-order valence-electron chi connectivity index (χ1n) is 10.4. The lowest BCUT2D eigenvalue weighted by atomic mass is 9.86. The number of nitrogens with zero attached hydrogens (tertiary/aromatic N) is 3. The van der Waals surface area contributed by atoms with Crippen molar-refractivity contribution in [2.45, 2.75) is 25.8 Å². The summed E-state index contributed by atoms with van der Waals surface area (Å²) in [4.78, 5) is 26.5. The van der Waals surface area contributed by atoms with Gasteiger partial charge in [-0.1, -0.05) is 11.6 Å². The number of H-pyrrole nitrogens is 1. The molecule has 3 aromatic rings. The van der Waals surface area contributed by atoms with Crippen molar-refractivity contribution in [2.24, 2.45) is 5.41 Å². The molecule has 1 atom stereocenters. The van der Waals surface area contributed by atoms with E-state index in [0.717, 1.165) is 29.3 Å². The first-order valence-corrected chi connectivity index (χ1v) is 10.7. The number of likely N-dealkylation sites (tertiary alicyclic amines) is 1. The van der Waals surface area contributed by atoms with Gasteiger partial charge in [-0.25, -0.2) is 14.4 Å². The standard InChI is InChI=1S/C22H23ClFN5O2/c1-22(11-31-12-22)21(30)29-6-2-3-14(10-29)27-20-17(24)9-26-19(28-20)16-8-25-18-5-4-13(23)7-15(16)18/h4-5,7-9,14,25H,2-3,6,10-12H2,1H3,(H,26,27,28)/t14-/m0/s1. The molecule has 2 N–H and O–H groups in total. The zero-order valence-electron chi connectivity index (χ0n) is 17.1. The summed E-state index contributed by atoms with van der Waals surface area (Å²) in [6.07, 6.45) is 4.65. The van der Waals surface area contributed by atoms with Crippen molar-refractivity contribution in [1.82, 2.24) is 19.9 Å². The van der Waals surface area contributed by atoms with Crippen molar-refractivity contribution in [3.05, 3.63) is 41.4 Å². The van der Waals surface area contributed by atoms with Crippen LogP contribution in [0.25, 0.3) is 22.3 Å². The summed E-state index contributed by atoms with van der Waals surface area (Å²) in [6.45, 7) is 4.06. The summed E-state index contributed by atoms with van der Waals surface area (Å²) in [7, 11) is 0. The number of nitrogens with one attached hydrogen (secondary N) is 2. The summed E-state index contributed by atoms with van der Waals surface area (Å²) in [5, 5.41) is 4.67. The number of hydrogen-bond donors (Lipinski definition) is 2. The van der Waals surface area contributed by atoms with Crippen LogP contribution in [0.3, 0.4) is 0 Å². The zero-order valence-corrected chi connectivity index (χ0v) is 17.9. The number of anilines is 1. The molecule has 1 amide bonds. The second kappa shape index (κ2) is 7.76. The van der Waals surface area contributed by atoms with Crippen molar-refractivity contribution in [3.8, 4) is 11.4 Å². The van der Waals surface area contributed by atoms with E-state index in [0.29, 0.717) is 37.2 Å². The number of hydrogen-bond acceptors (Lipinski definition) is 5. The Labute approximate surface area is 184 Å². The highest BCUT2D eigenvalue weighted by atomic mass is 35.5. The molecule has 162 valence electrons. The SMILES string of the molecule is CC1(C(=O)N2CCC[C@H](Nc3nc(-c4c[nH]c5ccc(Cl)cc45)ncc3F)C2)COC1. The predicted molar refractivity (Wildman–Crippen MR) is 116 cm³/mol. The average Bonchev–Trinajstić information content (AvgIpc) is 3.16. The van der Waals surface area contributed by atoms with Crippen LogP contribution < -0.4 is 5.32 Å². The Morgan fingerprint density at radius 1 is 1.42 bits per heavy atom. The topological polar surface area (TPSA) is 83.1 Å². The minimum Gasteiger partial charge on any atom is -0.379 e. The molecule has 2 fully saturated rings. The fraction of sp³-hybridized carbons (Fsp3) is 0.409. The molecule has 31 heavy (non-hydrogen) atoms. The van der Waals surface area contributed by atoms with Crippen molar-refractivity contribution in [1.29, 1.82) is 0 Å². The normalized spacial score (nSPS) is 20.5. The van der Waals surface area contributed by atoms with Crippen molar-refractivity contribution < 1.29 is 13.9 Å². The van der Waals surface area contributed by atoms with Crippen LogP contribution >= 0.6 is 11.6 Å². The van der Waals surface area contributed by atoms with Crippen LogP contribution in [0.1, 0.15) is 19.8 Å². The minimum atomic E-state index is -0.524. The van der Waals surface area contributed by atoms with E-state index in [9.17, 15) is 9.18 Å². The molecule has 2 aromatic heterocycles. The minimum absolute atomic E-state index is 0.0861. The number of carbonyl (C=O) groups excluding carboxylic acids is 1. The Balaban J connectivity index is 1.37. The zero-order chi connectivity index (χ0) is 21.6. The molecule has 7 nitrogen and oxygen atoms in total. The number of aromatic amines is 1. The van der Waals surface area contributed by atoms with E-state index in [1.165, 1.54) is 6.20 Å². The molecular weight excluding hydrogens is 421 g/mol. The highest BCUT2D eigenvalue weighted by molar-refractivity contribution is 6.31. The molecular formula is C22H23ClFN5O2. The summed E-state index contributed by atoms with van der Waals surface area (Å²) in [5.74, 6) is 0.119. The van der Waals surface area contributed by atoms with Crippen LogP contribution in [-0.4, -0.2) is 58.1 Å². The first-order chi connectivity index (χ1) is 14.9. The van der Waals surface area contributed by atoms with Gasteiger partial charge in [-0.2, -0.15) is 0 Å². The van der Waals surface area contributed by atoms with Crippen LogP contribution in [0.2, 0.25) is 5.02 Å². The molecule has 2 aliphatic rings. The monoisotopic (exact) mass is 443 g/mol. The maximum absolute atomic E-state index is 14.5. The molecule has 2 aliphatic heterocycles. The van der Waals surface area contributed by atoms with Gasteiger partial charge in [0.15, 0.2) is 17.5 Å². The third-order valence-electron chi connectivity index (χ3n) is 6.04. The third kappa shape index (κ3) is 3.74. The predicted octanol–water partition coefficient (Wildman–Crippen LogP) is 3.86. The van der Waals surface area contributed by atoms with Gasteiger partial charge in [0.05, 0.1) is 24.8 Å². The molecule has 0 saturated carbocycles. The molecule has 0 radical (unpaired) electrons. The van der Waals surface area contributed by atoms with Gasteiger partial charge < -0.3 is 19.9 Å². The second-order valence-corrected chi connectivity index (χ2v) is 9.01. The summed E-state index contributed by atoms with van der Waals surface area (Å²) < 4.78 is 19.8. The summed E-state index contributed by atoms with van der Waals surface area (Å²) in [6, 6.07) is 5.43. The maximum Gasteiger partial charge on any atom is 0.233 e. The van der Waals surface area contributed by atoms with Gasteiger partial charge in [-0.3, -0.25) is 4.79 Å². The van der Waals surface area contributed by atoms with Gasteiger partial charge in [0.25, 0.3) is 0 Å². The van der Waals surface area contributed by atoms with Crippen molar-refractivity contribution in [3.63, 3.8) is 0 Å². The number of rotatable bonds is 4. The van der Waals surface area contributed by atoms with Gasteiger partial charge in [-0.05, 0) is 38.0 Å². The maximum atomic E-state index is 14.5. The van der Waals surface area contributed by atoms with E-state index in [1.54, 1.807) is 12.3 Å². The fourth-order valence-corrected chi connectivity index (χ4v) is 4.43. The average molecular weight is 444 g/mol. The Bertz CT molecular complexity index is 1150. The van der Waals surface area contributed by atoms with Crippen LogP contribution in [-0.2, 0) is 9.53 Å². The van der Waals surface area contributed by atoms with Crippen molar-refractivity contribution >= 4 is 34.2 Å². The Kier molecular flexibility index (Phi) is 5.06. The van der Waals surface area contributed by atoms with Crippen LogP contribution in [0, 0.1) is 11.2 Å². The molecule has 4 heterocycles. The molecule has 9 heteroatoms. The number of carbonyl (C=O) groups is 1. The number of halogens is 2. The summed E-state index contributed by atoms with van der Waals surface area (Å²) in [5.41, 5.74) is 1.21. The smallest absolute Gasteiger partial charge is 0.233 e. The Morgan fingerprint density at radius 3 is 3.03 bits per heavy atom. The number of benzene rings is 1. The molecule has 0 bridgehead atoms. The largest absolute Gasteiger partial charge is 0.379 e. The number of ether oxygens (including phenoxy) is 1. The van der Waals surface area contributed by atoms with Crippen LogP contribution in [0.15, 0.2) is 30.6 Å². The molecule has 5 rings (SSSR count). The van der Waals surface area contributed by atoms with Gasteiger partial charge in [0, 0.05) is 46.8 Å². The number of aromatic nitrogens is 3. The van der Waals surface area contributed by atoms with Crippen molar-refractivity contribution in [2.75, 3.05) is 31.6 Å². The van der Waals surface area contributed by atoms with E-state index in [1.807, 2.05) is 24.0 Å². The van der Waals surface area contributed by atoms with Crippen LogP contribution in [0.4, 0.5) is 10.2 Å². The van der Waals surface area contributed by atoms with Crippen LogP contribution in [0.5, 0.6) is 0 Å². The fourth-order valence-electron chi connectivity index (χ4n) is 4.26. The quantitative estimate of drug-likeness (QED) is 0.639. The molecule has 0 aliphatic carbocycles. The molecule has 0 unspecified atom stereocenters. The lowest BCUT2D eigenvalue weighted by Crippen LogP contribution is -2.56. The lowest BCUT2D eigenvalue weighted by Gasteiger charge is -2.43. The number of amides is 1. The molecule has 1 aromatic carbocycles. The van der Waals surface area contributed by atoms with Gasteiger partial charge >= 0.3 is 0 Å². The highest BCUT2D eigenvalue weighted by Gasteiger charge is 2.44. The highest BCUT2D eigenvalue weighted by Crippen LogP contribution is 2.32. The Hall–Kier alpha value is -2.71. The van der Waals surface area contributed by atoms with E-state index in [2.05, 4.69) is 20.3 Å². The number of fused-ring (bicyclic) bond motifs is 1. The van der Waals surface area contributed by atoms with E-state index < -0.39 is 11.2 Å². The van der Waals surface area contributed by atoms with Gasteiger partial charge in [0.2, 0.25) is 5.91 Å². The third-order valence-corrected chi connectivity index (χ3v) is 6.27. The van der Waals surface area contributed by atoms with Gasteiger partial charge in [-0.15, -0.1) is 0 Å². The second-order valence-electron chi connectivity index (χ2n) is 8.57. The van der Waals surface area contributed by atoms with E-state index in [4.69, 9.17) is 16.3 Å². The Morgan fingerprint density at radius 2 is 2.26 bits per heavy atom. The van der Waals surface area contributed by atoms with E-state index in [-0.39, 0.29) is 17.8 Å². The molecule has 2 saturated heterocycles. The summed E-state index contributed by atoms with van der Waals surface area (Å²) >= 11 is 6.14. The first kappa shape index (κ1) is 20.2. The lowest BCUT2D eigenvalue weighted by molar-refractivity contribution is -0.169. The number of piperidine rings is 1. The molecule has 0 spiro atoms.